The monoisotopic (exact) mass is 183 g/mol. The molecule has 0 fully saturated rings. The van der Waals surface area contributed by atoms with E-state index in [0.29, 0.717) is 4.83 Å². The third kappa shape index (κ3) is 4.65. The van der Waals surface area contributed by atoms with Gasteiger partial charge in [0.15, 0.2) is 0 Å². The Labute approximate surface area is 58.2 Å². The van der Waals surface area contributed by atoms with E-state index < -0.39 is 0 Å². The molecule has 0 heterocycles. The van der Waals surface area contributed by atoms with E-state index in [1.807, 2.05) is 0 Å². The maximum Gasteiger partial charge on any atom is 0.0245 e. The molecule has 44 valence electrons. The molecular formula is C4H10BrNS. The van der Waals surface area contributed by atoms with Crippen molar-refractivity contribution in [3.8, 4) is 0 Å². The molecule has 0 bridgehead atoms. The van der Waals surface area contributed by atoms with Crippen molar-refractivity contribution < 1.29 is 0 Å². The lowest BCUT2D eigenvalue weighted by Crippen LogP contribution is -2.08. The van der Waals surface area contributed by atoms with Crippen LogP contribution in [0.5, 0.6) is 0 Å². The standard InChI is InChI=1S/C4H10BrNS/c5-4(3-7)1-2-6/h4,7H,1-3,6H2. The van der Waals surface area contributed by atoms with Gasteiger partial charge in [0.1, 0.15) is 0 Å². The third-order valence-corrected chi connectivity index (χ3v) is 2.40. The highest BCUT2D eigenvalue weighted by Gasteiger charge is 1.95. The number of hydrogen-bond donors (Lipinski definition) is 2. The number of halogens is 1. The van der Waals surface area contributed by atoms with Gasteiger partial charge < -0.3 is 5.73 Å². The Balaban J connectivity index is 2.83. The second kappa shape index (κ2) is 4.94. The molecule has 7 heavy (non-hydrogen) atoms. The average Bonchev–Trinajstić information content (AvgIpc) is 1.68. The fourth-order valence-electron chi connectivity index (χ4n) is 0.272. The highest BCUT2D eigenvalue weighted by Crippen LogP contribution is 2.03. The average molecular weight is 184 g/mol. The van der Waals surface area contributed by atoms with Crippen molar-refractivity contribution in [3.63, 3.8) is 0 Å². The molecule has 0 aromatic carbocycles. The van der Waals surface area contributed by atoms with Gasteiger partial charge in [0.05, 0.1) is 0 Å². The van der Waals surface area contributed by atoms with E-state index in [1.54, 1.807) is 0 Å². The van der Waals surface area contributed by atoms with Crippen LogP contribution in [0.2, 0.25) is 0 Å². The van der Waals surface area contributed by atoms with Crippen LogP contribution >= 0.6 is 28.6 Å². The van der Waals surface area contributed by atoms with E-state index in [0.717, 1.165) is 18.7 Å². The quantitative estimate of drug-likeness (QED) is 0.497. The van der Waals surface area contributed by atoms with Crippen molar-refractivity contribution in [3.05, 3.63) is 0 Å². The van der Waals surface area contributed by atoms with E-state index in [4.69, 9.17) is 5.73 Å². The van der Waals surface area contributed by atoms with Gasteiger partial charge in [-0.1, -0.05) is 15.9 Å². The predicted octanol–water partition coefficient (Wildman–Crippen LogP) is 1.03. The van der Waals surface area contributed by atoms with Crippen molar-refractivity contribution in [2.75, 3.05) is 12.3 Å². The fourth-order valence-corrected chi connectivity index (χ4v) is 0.719. The molecule has 0 aliphatic heterocycles. The van der Waals surface area contributed by atoms with Crippen molar-refractivity contribution >= 4 is 28.6 Å². The summed E-state index contributed by atoms with van der Waals surface area (Å²) < 4.78 is 0. The summed E-state index contributed by atoms with van der Waals surface area (Å²) in [5, 5.41) is 0. The lowest BCUT2D eigenvalue weighted by Gasteiger charge is -1.99. The van der Waals surface area contributed by atoms with Gasteiger partial charge >= 0.3 is 0 Å². The maximum atomic E-state index is 5.24. The van der Waals surface area contributed by atoms with Gasteiger partial charge in [-0.25, -0.2) is 0 Å². The minimum atomic E-state index is 0.501. The molecule has 0 aromatic heterocycles. The van der Waals surface area contributed by atoms with E-state index >= 15 is 0 Å². The molecule has 0 saturated carbocycles. The Bertz CT molecular complexity index is 42.7. The molecule has 0 radical (unpaired) electrons. The minimum absolute atomic E-state index is 0.501. The maximum absolute atomic E-state index is 5.24. The summed E-state index contributed by atoms with van der Waals surface area (Å²) in [6.07, 6.45) is 1.02. The van der Waals surface area contributed by atoms with Gasteiger partial charge in [-0.3, -0.25) is 0 Å². The summed E-state index contributed by atoms with van der Waals surface area (Å²) in [5.74, 6) is 0.872. The molecule has 0 amide bonds. The summed E-state index contributed by atoms with van der Waals surface area (Å²) in [7, 11) is 0. The number of thiol groups is 1. The summed E-state index contributed by atoms with van der Waals surface area (Å²) in [6, 6.07) is 0. The van der Waals surface area contributed by atoms with Crippen LogP contribution in [0.25, 0.3) is 0 Å². The Morgan fingerprint density at radius 1 is 1.71 bits per heavy atom. The van der Waals surface area contributed by atoms with Gasteiger partial charge in [-0.15, -0.1) is 0 Å². The summed E-state index contributed by atoms with van der Waals surface area (Å²) >= 11 is 7.43. The van der Waals surface area contributed by atoms with Crippen molar-refractivity contribution in [2.24, 2.45) is 5.73 Å². The van der Waals surface area contributed by atoms with E-state index in [9.17, 15) is 0 Å². The first-order valence-electron chi connectivity index (χ1n) is 2.26. The normalized spacial score (nSPS) is 14.1. The van der Waals surface area contributed by atoms with Crippen LogP contribution in [0.1, 0.15) is 6.42 Å². The topological polar surface area (TPSA) is 26.0 Å². The molecule has 0 spiro atoms. The zero-order chi connectivity index (χ0) is 5.70. The molecule has 1 nitrogen and oxygen atoms in total. The highest BCUT2D eigenvalue weighted by atomic mass is 79.9. The van der Waals surface area contributed by atoms with Crippen molar-refractivity contribution in [2.45, 2.75) is 11.2 Å². The molecular weight excluding hydrogens is 174 g/mol. The Morgan fingerprint density at radius 2 is 2.29 bits per heavy atom. The van der Waals surface area contributed by atoms with Crippen LogP contribution in [-0.2, 0) is 0 Å². The van der Waals surface area contributed by atoms with Gasteiger partial charge in [0.25, 0.3) is 0 Å². The van der Waals surface area contributed by atoms with Crippen LogP contribution in [0.3, 0.4) is 0 Å². The van der Waals surface area contributed by atoms with E-state index in [1.165, 1.54) is 0 Å². The Kier molecular flexibility index (Phi) is 5.49. The predicted molar refractivity (Wildman–Crippen MR) is 40.2 cm³/mol. The lowest BCUT2D eigenvalue weighted by molar-refractivity contribution is 0.842. The summed E-state index contributed by atoms with van der Waals surface area (Å²) in [4.78, 5) is 0.501. The zero-order valence-electron chi connectivity index (χ0n) is 4.10. The molecule has 0 aromatic rings. The van der Waals surface area contributed by atoms with E-state index in [-0.39, 0.29) is 0 Å². The Morgan fingerprint density at radius 3 is 2.43 bits per heavy atom. The number of rotatable bonds is 3. The molecule has 1 atom stereocenters. The molecule has 2 N–H and O–H groups in total. The largest absolute Gasteiger partial charge is 0.330 e. The molecule has 0 rings (SSSR count). The van der Waals surface area contributed by atoms with Crippen LogP contribution in [0.15, 0.2) is 0 Å². The molecule has 3 heteroatoms. The van der Waals surface area contributed by atoms with E-state index in [2.05, 4.69) is 28.6 Å². The molecule has 0 aliphatic rings. The van der Waals surface area contributed by atoms with Gasteiger partial charge in [0, 0.05) is 10.6 Å². The number of alkyl halides is 1. The smallest absolute Gasteiger partial charge is 0.0245 e. The summed E-state index contributed by atoms with van der Waals surface area (Å²) in [6.45, 7) is 0.747. The SMILES string of the molecule is NCCC(Br)CS. The van der Waals surface area contributed by atoms with Crippen molar-refractivity contribution in [1.82, 2.24) is 0 Å². The second-order valence-electron chi connectivity index (χ2n) is 1.36. The fraction of sp³-hybridized carbons (Fsp3) is 1.00. The van der Waals surface area contributed by atoms with Crippen LogP contribution < -0.4 is 5.73 Å². The van der Waals surface area contributed by atoms with Crippen LogP contribution in [0, 0.1) is 0 Å². The highest BCUT2D eigenvalue weighted by molar-refractivity contribution is 9.09. The first-order valence-corrected chi connectivity index (χ1v) is 3.81. The first kappa shape index (κ1) is 7.79. The minimum Gasteiger partial charge on any atom is -0.330 e. The molecule has 1 unspecified atom stereocenters. The third-order valence-electron chi connectivity index (χ3n) is 0.678. The second-order valence-corrected chi connectivity index (χ2v) is 3.02. The zero-order valence-corrected chi connectivity index (χ0v) is 6.58. The number of nitrogens with two attached hydrogens (primary N) is 1. The van der Waals surface area contributed by atoms with Crippen LogP contribution in [-0.4, -0.2) is 17.1 Å². The van der Waals surface area contributed by atoms with Gasteiger partial charge in [-0.2, -0.15) is 12.6 Å². The molecule has 0 aliphatic carbocycles. The lowest BCUT2D eigenvalue weighted by atomic mass is 10.3. The van der Waals surface area contributed by atoms with Crippen LogP contribution in [0.4, 0.5) is 0 Å². The summed E-state index contributed by atoms with van der Waals surface area (Å²) in [5.41, 5.74) is 5.24. The number of hydrogen-bond acceptors (Lipinski definition) is 2. The van der Waals surface area contributed by atoms with Gasteiger partial charge in [-0.05, 0) is 13.0 Å². The first-order chi connectivity index (χ1) is 3.31. The van der Waals surface area contributed by atoms with Gasteiger partial charge in [0.2, 0.25) is 0 Å². The Hall–Kier alpha value is 0.790. The van der Waals surface area contributed by atoms with Crippen molar-refractivity contribution in [1.29, 1.82) is 0 Å². The molecule has 0 saturated heterocycles.